The van der Waals surface area contributed by atoms with Gasteiger partial charge in [-0.05, 0) is 24.6 Å². The Hall–Kier alpha value is -1.64. The Kier molecular flexibility index (Phi) is 5.37. The molecule has 0 bridgehead atoms. The van der Waals surface area contributed by atoms with E-state index in [0.717, 1.165) is 26.6 Å². The Labute approximate surface area is 156 Å². The molecule has 1 N–H and O–H groups in total. The number of thioether (sulfide) groups is 1. The smallest absolute Gasteiger partial charge is 0.236 e. The van der Waals surface area contributed by atoms with Crippen LogP contribution >= 0.6 is 39.0 Å². The van der Waals surface area contributed by atoms with E-state index in [1.165, 1.54) is 23.1 Å². The molecule has 2 heterocycles. The first kappa shape index (κ1) is 17.2. The summed E-state index contributed by atoms with van der Waals surface area (Å²) in [6, 6.07) is 8.07. The van der Waals surface area contributed by atoms with Crippen LogP contribution in [0, 0.1) is 6.92 Å². The summed E-state index contributed by atoms with van der Waals surface area (Å²) in [6.07, 6.45) is 1.83. The van der Waals surface area contributed by atoms with Crippen molar-refractivity contribution in [1.29, 1.82) is 0 Å². The van der Waals surface area contributed by atoms with Crippen molar-refractivity contribution in [3.63, 3.8) is 0 Å². The third-order valence-corrected chi connectivity index (χ3v) is 5.73. The monoisotopic (exact) mass is 422 g/mol. The van der Waals surface area contributed by atoms with Crippen LogP contribution < -0.4 is 5.32 Å². The minimum absolute atomic E-state index is 0.0810. The second-order valence-corrected chi connectivity index (χ2v) is 7.84. The number of hydrogen-bond acceptors (Lipinski definition) is 5. The molecule has 24 heavy (non-hydrogen) atoms. The highest BCUT2D eigenvalue weighted by atomic mass is 79.9. The quantitative estimate of drug-likeness (QED) is 0.620. The highest BCUT2D eigenvalue weighted by Crippen LogP contribution is 2.26. The molecule has 1 amide bonds. The molecule has 0 atom stereocenters. The molecule has 0 radical (unpaired) electrons. The van der Waals surface area contributed by atoms with Crippen molar-refractivity contribution < 1.29 is 4.79 Å². The Morgan fingerprint density at radius 3 is 2.79 bits per heavy atom. The maximum absolute atomic E-state index is 12.0. The second-order valence-electron chi connectivity index (χ2n) is 5.12. The van der Waals surface area contributed by atoms with Gasteiger partial charge in [-0.2, -0.15) is 0 Å². The van der Waals surface area contributed by atoms with Crippen molar-refractivity contribution in [3.05, 3.63) is 46.0 Å². The van der Waals surface area contributed by atoms with E-state index in [-0.39, 0.29) is 5.91 Å². The Balaban J connectivity index is 1.63. The summed E-state index contributed by atoms with van der Waals surface area (Å²) in [4.78, 5) is 20.7. The van der Waals surface area contributed by atoms with Gasteiger partial charge >= 0.3 is 0 Å². The minimum atomic E-state index is -0.0810. The van der Waals surface area contributed by atoms with E-state index in [2.05, 4.69) is 31.2 Å². The maximum Gasteiger partial charge on any atom is 0.236 e. The average Bonchev–Trinajstić information content (AvgIpc) is 3.12. The van der Waals surface area contributed by atoms with E-state index in [1.54, 1.807) is 0 Å². The van der Waals surface area contributed by atoms with E-state index in [4.69, 9.17) is 0 Å². The number of hydrogen-bond donors (Lipinski definition) is 1. The lowest BCUT2D eigenvalue weighted by Crippen LogP contribution is -2.14. The third-order valence-electron chi connectivity index (χ3n) is 3.28. The lowest BCUT2D eigenvalue weighted by atomic mass is 10.2. The Bertz CT molecular complexity index is 857. The molecule has 0 saturated heterocycles. The van der Waals surface area contributed by atoms with Crippen molar-refractivity contribution in [1.82, 2.24) is 14.5 Å². The highest BCUT2D eigenvalue weighted by Gasteiger charge is 2.12. The molecule has 124 valence electrons. The summed E-state index contributed by atoms with van der Waals surface area (Å²) < 4.78 is 3.03. The second kappa shape index (κ2) is 7.50. The van der Waals surface area contributed by atoms with Gasteiger partial charge in [0, 0.05) is 16.9 Å². The fourth-order valence-corrected chi connectivity index (χ4v) is 3.83. The molecular formula is C16H15BrN4OS2. The van der Waals surface area contributed by atoms with Gasteiger partial charge in [0.2, 0.25) is 5.91 Å². The predicted molar refractivity (Wildman–Crippen MR) is 103 cm³/mol. The van der Waals surface area contributed by atoms with E-state index >= 15 is 0 Å². The third kappa shape index (κ3) is 4.06. The summed E-state index contributed by atoms with van der Waals surface area (Å²) in [5, 5.41) is 6.15. The number of nitrogens with one attached hydrogen (secondary N) is 1. The van der Waals surface area contributed by atoms with Crippen LogP contribution in [0.25, 0.3) is 11.3 Å². The highest BCUT2D eigenvalue weighted by molar-refractivity contribution is 9.10. The number of amides is 1. The molecule has 0 aliphatic rings. The van der Waals surface area contributed by atoms with E-state index in [1.807, 2.05) is 54.4 Å². The average molecular weight is 423 g/mol. The topological polar surface area (TPSA) is 59.8 Å². The standard InChI is InChI=1S/C16H15BrN4OS2/c1-10-8-23-15(19-10)20-14(22)9-24-16-18-7-13(21(16)2)11-3-5-12(17)6-4-11/h3-8H,9H2,1-2H3,(H,19,20,22). The first-order valence-electron chi connectivity index (χ1n) is 7.15. The number of rotatable bonds is 5. The number of halogens is 1. The summed E-state index contributed by atoms with van der Waals surface area (Å²) >= 11 is 6.27. The van der Waals surface area contributed by atoms with Gasteiger partial charge < -0.3 is 9.88 Å². The molecule has 1 aromatic carbocycles. The lowest BCUT2D eigenvalue weighted by molar-refractivity contribution is -0.113. The number of benzene rings is 1. The predicted octanol–water partition coefficient (Wildman–Crippen LogP) is 4.35. The maximum atomic E-state index is 12.0. The Morgan fingerprint density at radius 2 is 2.12 bits per heavy atom. The number of imidazole rings is 1. The van der Waals surface area contributed by atoms with Crippen molar-refractivity contribution >= 4 is 50.1 Å². The number of aryl methyl sites for hydroxylation is 1. The molecule has 3 rings (SSSR count). The normalized spacial score (nSPS) is 10.8. The van der Waals surface area contributed by atoms with Crippen LogP contribution in [0.3, 0.4) is 0 Å². The number of aromatic nitrogens is 3. The van der Waals surface area contributed by atoms with Crippen LogP contribution in [0.15, 0.2) is 45.5 Å². The molecule has 5 nitrogen and oxygen atoms in total. The summed E-state index contributed by atoms with van der Waals surface area (Å²) in [7, 11) is 1.95. The van der Waals surface area contributed by atoms with Crippen molar-refractivity contribution in [2.75, 3.05) is 11.1 Å². The van der Waals surface area contributed by atoms with Gasteiger partial charge in [0.25, 0.3) is 0 Å². The molecule has 0 saturated carbocycles. The van der Waals surface area contributed by atoms with Gasteiger partial charge in [-0.25, -0.2) is 9.97 Å². The number of carbonyl (C=O) groups excluding carboxylic acids is 1. The first-order chi connectivity index (χ1) is 11.5. The SMILES string of the molecule is Cc1csc(NC(=O)CSc2ncc(-c3ccc(Br)cc3)n2C)n1. The van der Waals surface area contributed by atoms with Crippen LogP contribution in [0.1, 0.15) is 5.69 Å². The molecule has 0 unspecified atom stereocenters. The molecule has 0 fully saturated rings. The van der Waals surface area contributed by atoms with Crippen LogP contribution in [-0.4, -0.2) is 26.2 Å². The molecule has 0 aliphatic carbocycles. The molecular weight excluding hydrogens is 408 g/mol. The molecule has 0 aliphatic heterocycles. The molecule has 8 heteroatoms. The minimum Gasteiger partial charge on any atom is -0.322 e. The van der Waals surface area contributed by atoms with E-state index in [9.17, 15) is 4.79 Å². The summed E-state index contributed by atoms with van der Waals surface area (Å²) in [5.74, 6) is 0.214. The summed E-state index contributed by atoms with van der Waals surface area (Å²) in [6.45, 7) is 1.90. The zero-order valence-electron chi connectivity index (χ0n) is 13.1. The number of anilines is 1. The number of nitrogens with zero attached hydrogens (tertiary/aromatic N) is 3. The summed E-state index contributed by atoms with van der Waals surface area (Å²) in [5.41, 5.74) is 3.01. The van der Waals surface area contributed by atoms with E-state index < -0.39 is 0 Å². The van der Waals surface area contributed by atoms with E-state index in [0.29, 0.717) is 10.9 Å². The van der Waals surface area contributed by atoms with Crippen molar-refractivity contribution in [2.45, 2.75) is 12.1 Å². The fraction of sp³-hybridized carbons (Fsp3) is 0.188. The zero-order valence-corrected chi connectivity index (χ0v) is 16.3. The number of thiazole rings is 1. The fourth-order valence-electron chi connectivity index (χ4n) is 2.11. The van der Waals surface area contributed by atoms with Gasteiger partial charge in [0.05, 0.1) is 23.3 Å². The van der Waals surface area contributed by atoms with Crippen molar-refractivity contribution in [3.8, 4) is 11.3 Å². The van der Waals surface area contributed by atoms with Gasteiger partial charge in [-0.15, -0.1) is 11.3 Å². The van der Waals surface area contributed by atoms with Gasteiger partial charge in [-0.1, -0.05) is 39.8 Å². The zero-order chi connectivity index (χ0) is 17.1. The largest absolute Gasteiger partial charge is 0.322 e. The van der Waals surface area contributed by atoms with Crippen LogP contribution in [0.4, 0.5) is 5.13 Å². The lowest BCUT2D eigenvalue weighted by Gasteiger charge is -2.06. The Morgan fingerprint density at radius 1 is 1.38 bits per heavy atom. The van der Waals surface area contributed by atoms with Gasteiger partial charge in [-0.3, -0.25) is 4.79 Å². The van der Waals surface area contributed by atoms with Gasteiger partial charge in [0.15, 0.2) is 10.3 Å². The molecule has 3 aromatic rings. The van der Waals surface area contributed by atoms with Crippen LogP contribution in [-0.2, 0) is 11.8 Å². The van der Waals surface area contributed by atoms with Crippen molar-refractivity contribution in [2.24, 2.45) is 7.05 Å². The first-order valence-corrected chi connectivity index (χ1v) is 9.81. The number of carbonyl (C=O) groups is 1. The van der Waals surface area contributed by atoms with Crippen LogP contribution in [0.5, 0.6) is 0 Å². The molecule has 0 spiro atoms. The molecule has 2 aromatic heterocycles. The van der Waals surface area contributed by atoms with Gasteiger partial charge in [0.1, 0.15) is 0 Å². The van der Waals surface area contributed by atoms with Crippen LogP contribution in [0.2, 0.25) is 0 Å².